The summed E-state index contributed by atoms with van der Waals surface area (Å²) in [6.45, 7) is 1.46. The normalized spacial score (nSPS) is 11.6. The number of nitrogens with zero attached hydrogens (tertiary/aromatic N) is 1. The van der Waals surface area contributed by atoms with Gasteiger partial charge in [-0.2, -0.15) is 0 Å². The maximum atomic E-state index is 12.8. The van der Waals surface area contributed by atoms with Gasteiger partial charge in [-0.25, -0.2) is 4.98 Å². The lowest BCUT2D eigenvalue weighted by atomic mass is 10.1. The number of aryl methyl sites for hydroxylation is 1. The van der Waals surface area contributed by atoms with Crippen LogP contribution in [0.15, 0.2) is 78.9 Å². The van der Waals surface area contributed by atoms with Gasteiger partial charge < -0.3 is 15.4 Å². The molecule has 0 saturated carbocycles. The summed E-state index contributed by atoms with van der Waals surface area (Å²) in [6.07, 6.45) is 0.575. The van der Waals surface area contributed by atoms with Gasteiger partial charge in [0.2, 0.25) is 0 Å². The molecule has 2 N–H and O–H groups in total. The van der Waals surface area contributed by atoms with Crippen molar-refractivity contribution in [1.82, 2.24) is 10.3 Å². The predicted molar refractivity (Wildman–Crippen MR) is 136 cm³/mol. The Kier molecular flexibility index (Phi) is 7.84. The Morgan fingerprint density at radius 1 is 0.943 bits per heavy atom. The molecule has 178 valence electrons. The number of thiazole rings is 1. The molecule has 0 aliphatic heterocycles. The summed E-state index contributed by atoms with van der Waals surface area (Å²) in [5.74, 6) is -1.32. The monoisotopic (exact) mass is 487 g/mol. The van der Waals surface area contributed by atoms with Gasteiger partial charge in [-0.05, 0) is 36.8 Å². The summed E-state index contributed by atoms with van der Waals surface area (Å²) in [5, 5.41) is 6.45. The molecule has 35 heavy (non-hydrogen) atoms. The summed E-state index contributed by atoms with van der Waals surface area (Å²) in [6, 6.07) is 23.9. The van der Waals surface area contributed by atoms with Crippen molar-refractivity contribution < 1.29 is 19.1 Å². The van der Waals surface area contributed by atoms with Crippen LogP contribution in [0.4, 0.5) is 5.69 Å². The molecule has 1 aromatic heterocycles. The van der Waals surface area contributed by atoms with Crippen LogP contribution in [-0.2, 0) is 20.7 Å². The lowest BCUT2D eigenvalue weighted by molar-refractivity contribution is -0.147. The average Bonchev–Trinajstić information content (AvgIpc) is 3.30. The summed E-state index contributed by atoms with van der Waals surface area (Å²) in [7, 11) is 0. The molecule has 0 fully saturated rings. The molecule has 0 aliphatic rings. The first-order chi connectivity index (χ1) is 17.0. The Morgan fingerprint density at radius 2 is 1.66 bits per heavy atom. The molecular weight excluding hydrogens is 462 g/mol. The third-order valence-electron chi connectivity index (χ3n) is 5.34. The molecule has 0 radical (unpaired) electrons. The van der Waals surface area contributed by atoms with Crippen LogP contribution in [0.5, 0.6) is 0 Å². The van der Waals surface area contributed by atoms with Gasteiger partial charge in [0.1, 0.15) is 0 Å². The van der Waals surface area contributed by atoms with E-state index in [1.165, 1.54) is 11.3 Å². The van der Waals surface area contributed by atoms with Gasteiger partial charge in [-0.1, -0.05) is 54.6 Å². The molecular formula is C27H25N3O4S. The molecule has 4 aromatic rings. The second kappa shape index (κ2) is 11.4. The maximum absolute atomic E-state index is 12.8. The number of carbonyl (C=O) groups is 3. The van der Waals surface area contributed by atoms with E-state index >= 15 is 0 Å². The molecule has 1 atom stereocenters. The molecule has 0 aliphatic carbocycles. The number of rotatable bonds is 9. The summed E-state index contributed by atoms with van der Waals surface area (Å²) >= 11 is 1.54. The molecule has 0 spiro atoms. The zero-order chi connectivity index (χ0) is 24.6. The number of hydrogen-bond donors (Lipinski definition) is 2. The predicted octanol–water partition coefficient (Wildman–Crippen LogP) is 4.90. The van der Waals surface area contributed by atoms with Crippen LogP contribution in [-0.4, -0.2) is 29.4 Å². The van der Waals surface area contributed by atoms with Crippen molar-refractivity contribution >= 4 is 45.0 Å². The van der Waals surface area contributed by atoms with E-state index in [9.17, 15) is 14.4 Å². The number of aromatic nitrogens is 1. The fourth-order valence-corrected chi connectivity index (χ4v) is 4.50. The second-order valence-corrected chi connectivity index (χ2v) is 9.05. The average molecular weight is 488 g/mol. The van der Waals surface area contributed by atoms with Crippen molar-refractivity contribution in [2.45, 2.75) is 25.8 Å². The summed E-state index contributed by atoms with van der Waals surface area (Å²) in [4.78, 5) is 41.9. The molecule has 8 heteroatoms. The Morgan fingerprint density at radius 3 is 2.46 bits per heavy atom. The van der Waals surface area contributed by atoms with Crippen LogP contribution < -0.4 is 10.6 Å². The highest BCUT2D eigenvalue weighted by atomic mass is 32.1. The molecule has 2 amide bonds. The fourth-order valence-electron chi connectivity index (χ4n) is 3.53. The van der Waals surface area contributed by atoms with Crippen molar-refractivity contribution in [1.29, 1.82) is 0 Å². The minimum atomic E-state index is -0.519. The third kappa shape index (κ3) is 6.51. The molecule has 1 heterocycles. The van der Waals surface area contributed by atoms with Crippen LogP contribution in [0.2, 0.25) is 0 Å². The summed E-state index contributed by atoms with van der Waals surface area (Å²) in [5.41, 5.74) is 2.55. The lowest BCUT2D eigenvalue weighted by Crippen LogP contribution is -2.28. The zero-order valence-corrected chi connectivity index (χ0v) is 20.0. The SMILES string of the molecule is CC(NC(=O)c1ccccc1NC(=O)COC(=O)CCc1nc2ccccc2s1)c1ccccc1. The largest absolute Gasteiger partial charge is 0.456 e. The number of benzene rings is 3. The van der Waals surface area contributed by atoms with Gasteiger partial charge in [0.05, 0.1) is 38.9 Å². The van der Waals surface area contributed by atoms with Crippen molar-refractivity contribution in [2.24, 2.45) is 0 Å². The van der Waals surface area contributed by atoms with Crippen molar-refractivity contribution in [3.8, 4) is 0 Å². The van der Waals surface area contributed by atoms with Crippen LogP contribution >= 0.6 is 11.3 Å². The number of anilines is 1. The molecule has 1 unspecified atom stereocenters. The topological polar surface area (TPSA) is 97.4 Å². The third-order valence-corrected chi connectivity index (χ3v) is 6.43. The molecule has 0 saturated heterocycles. The van der Waals surface area contributed by atoms with E-state index < -0.39 is 18.5 Å². The number of carbonyl (C=O) groups excluding carboxylic acids is 3. The van der Waals surface area contributed by atoms with Gasteiger partial charge in [0, 0.05) is 6.42 Å². The number of nitrogens with one attached hydrogen (secondary N) is 2. The van der Waals surface area contributed by atoms with E-state index in [2.05, 4.69) is 15.6 Å². The zero-order valence-electron chi connectivity index (χ0n) is 19.2. The number of ether oxygens (including phenoxy) is 1. The number of fused-ring (bicyclic) bond motifs is 1. The van der Waals surface area contributed by atoms with E-state index in [0.29, 0.717) is 17.7 Å². The number of esters is 1. The molecule has 3 aromatic carbocycles. The Hall–Kier alpha value is -4.04. The number of amides is 2. The Balaban J connectivity index is 1.27. The minimum absolute atomic E-state index is 0.128. The maximum Gasteiger partial charge on any atom is 0.306 e. The van der Waals surface area contributed by atoms with E-state index in [1.807, 2.05) is 61.5 Å². The Labute approximate surface area is 207 Å². The minimum Gasteiger partial charge on any atom is -0.456 e. The number of para-hydroxylation sites is 2. The van der Waals surface area contributed by atoms with E-state index in [1.54, 1.807) is 24.3 Å². The van der Waals surface area contributed by atoms with Gasteiger partial charge in [0.15, 0.2) is 6.61 Å². The van der Waals surface area contributed by atoms with Crippen LogP contribution in [0.1, 0.15) is 40.3 Å². The molecule has 4 rings (SSSR count). The van der Waals surface area contributed by atoms with Crippen LogP contribution in [0.25, 0.3) is 10.2 Å². The molecule has 0 bridgehead atoms. The fraction of sp³-hybridized carbons (Fsp3) is 0.185. The van der Waals surface area contributed by atoms with E-state index in [-0.39, 0.29) is 18.4 Å². The first kappa shape index (κ1) is 24.1. The smallest absolute Gasteiger partial charge is 0.306 e. The standard InChI is InChI=1S/C27H25N3O4S/c1-18(19-9-3-2-4-10-19)28-27(33)20-11-5-6-12-21(20)29-24(31)17-34-26(32)16-15-25-30-22-13-7-8-14-23(22)35-25/h2-14,18H,15-17H2,1H3,(H,28,33)(H,29,31). The highest BCUT2D eigenvalue weighted by molar-refractivity contribution is 7.18. The van der Waals surface area contributed by atoms with Gasteiger partial charge >= 0.3 is 5.97 Å². The molecule has 7 nitrogen and oxygen atoms in total. The van der Waals surface area contributed by atoms with E-state index in [4.69, 9.17) is 4.74 Å². The summed E-state index contributed by atoms with van der Waals surface area (Å²) < 4.78 is 6.19. The van der Waals surface area contributed by atoms with Crippen molar-refractivity contribution in [2.75, 3.05) is 11.9 Å². The van der Waals surface area contributed by atoms with Gasteiger partial charge in [0.25, 0.3) is 11.8 Å². The lowest BCUT2D eigenvalue weighted by Gasteiger charge is -2.16. The highest BCUT2D eigenvalue weighted by Gasteiger charge is 2.17. The van der Waals surface area contributed by atoms with Gasteiger partial charge in [-0.3, -0.25) is 14.4 Å². The first-order valence-electron chi connectivity index (χ1n) is 11.2. The van der Waals surface area contributed by atoms with E-state index in [0.717, 1.165) is 20.8 Å². The quantitative estimate of drug-likeness (QED) is 0.327. The van der Waals surface area contributed by atoms with Gasteiger partial charge in [-0.15, -0.1) is 11.3 Å². The van der Waals surface area contributed by atoms with Crippen molar-refractivity contribution in [3.05, 3.63) is 95.0 Å². The highest BCUT2D eigenvalue weighted by Crippen LogP contribution is 2.22. The number of hydrogen-bond acceptors (Lipinski definition) is 6. The van der Waals surface area contributed by atoms with Crippen LogP contribution in [0, 0.1) is 0 Å². The van der Waals surface area contributed by atoms with Crippen molar-refractivity contribution in [3.63, 3.8) is 0 Å². The first-order valence-corrected chi connectivity index (χ1v) is 12.1. The second-order valence-electron chi connectivity index (χ2n) is 7.94. The van der Waals surface area contributed by atoms with Crippen LogP contribution in [0.3, 0.4) is 0 Å². The Bertz CT molecular complexity index is 1300.